The minimum absolute atomic E-state index is 0.402. The van der Waals surface area contributed by atoms with Crippen molar-refractivity contribution < 1.29 is 0 Å². The minimum atomic E-state index is 0.402. The summed E-state index contributed by atoms with van der Waals surface area (Å²) in [5.41, 5.74) is 8.85. The highest BCUT2D eigenvalue weighted by Crippen LogP contribution is 2.37. The molecule has 0 fully saturated rings. The maximum absolute atomic E-state index is 5.80. The highest BCUT2D eigenvalue weighted by atomic mass is 32.2. The summed E-state index contributed by atoms with van der Waals surface area (Å²) in [6, 6.07) is 9.29. The monoisotopic (exact) mass is 246 g/mol. The second-order valence-electron chi connectivity index (χ2n) is 4.90. The van der Waals surface area contributed by atoms with Crippen molar-refractivity contribution in [1.29, 1.82) is 0 Å². The molecule has 0 amide bonds. The zero-order valence-electron chi connectivity index (χ0n) is 9.93. The number of aliphatic imine (C=N–C) groups is 1. The molecular formula is C14H18N2S. The fraction of sp³-hybridized carbons (Fsp3) is 0.500. The maximum atomic E-state index is 5.80. The summed E-state index contributed by atoms with van der Waals surface area (Å²) in [7, 11) is 0. The first-order valence-electron chi connectivity index (χ1n) is 6.38. The lowest BCUT2D eigenvalue weighted by Gasteiger charge is -2.21. The number of hydrogen-bond acceptors (Lipinski definition) is 3. The van der Waals surface area contributed by atoms with Crippen molar-refractivity contribution in [2.75, 3.05) is 5.75 Å². The van der Waals surface area contributed by atoms with E-state index in [0.717, 1.165) is 10.9 Å². The Bertz CT molecular complexity index is 442. The van der Waals surface area contributed by atoms with Gasteiger partial charge in [-0.05, 0) is 30.4 Å². The van der Waals surface area contributed by atoms with Crippen molar-refractivity contribution in [3.63, 3.8) is 0 Å². The van der Waals surface area contributed by atoms with E-state index in [1.54, 1.807) is 11.8 Å². The van der Waals surface area contributed by atoms with Gasteiger partial charge in [-0.3, -0.25) is 4.99 Å². The van der Waals surface area contributed by atoms with Gasteiger partial charge in [0.2, 0.25) is 0 Å². The lowest BCUT2D eigenvalue weighted by Crippen LogP contribution is -2.17. The van der Waals surface area contributed by atoms with E-state index in [9.17, 15) is 0 Å². The summed E-state index contributed by atoms with van der Waals surface area (Å²) in [4.78, 5) is 4.61. The van der Waals surface area contributed by atoms with Gasteiger partial charge >= 0.3 is 0 Å². The molecule has 0 saturated heterocycles. The van der Waals surface area contributed by atoms with Crippen LogP contribution in [-0.2, 0) is 6.42 Å². The quantitative estimate of drug-likeness (QED) is 0.774. The van der Waals surface area contributed by atoms with Crippen LogP contribution in [0.2, 0.25) is 0 Å². The maximum Gasteiger partial charge on any atom is 0.154 e. The van der Waals surface area contributed by atoms with Gasteiger partial charge in [0, 0.05) is 11.7 Å². The Morgan fingerprint density at radius 2 is 2.12 bits per heavy atom. The predicted molar refractivity (Wildman–Crippen MR) is 74.6 cm³/mol. The number of hydrogen-bond donors (Lipinski definition) is 1. The molecule has 0 aromatic heterocycles. The van der Waals surface area contributed by atoms with Gasteiger partial charge in [0.25, 0.3) is 0 Å². The summed E-state index contributed by atoms with van der Waals surface area (Å²) in [6.45, 7) is 0. The molecule has 0 bridgehead atoms. The topological polar surface area (TPSA) is 38.4 Å². The molecule has 3 heteroatoms. The van der Waals surface area contributed by atoms with Crippen molar-refractivity contribution >= 4 is 16.9 Å². The van der Waals surface area contributed by atoms with Crippen molar-refractivity contribution in [1.82, 2.24) is 0 Å². The zero-order valence-corrected chi connectivity index (χ0v) is 10.7. The Balaban J connectivity index is 1.94. The molecule has 3 rings (SSSR count). The van der Waals surface area contributed by atoms with Gasteiger partial charge in [0.1, 0.15) is 0 Å². The Labute approximate surface area is 107 Å². The number of fused-ring (bicyclic) bond motifs is 1. The molecule has 17 heavy (non-hydrogen) atoms. The smallest absolute Gasteiger partial charge is 0.154 e. The number of rotatable bonds is 1. The van der Waals surface area contributed by atoms with Crippen LogP contribution in [-0.4, -0.2) is 17.0 Å². The third-order valence-electron chi connectivity index (χ3n) is 3.83. The fourth-order valence-corrected chi connectivity index (χ4v) is 3.83. The standard InChI is InChI=1S/C14H18N2S/c15-14-16-13(9-17-14)12-8-4-2-6-10-5-1-3-7-11(10)12/h1,3,5,7,12-13H,2,4,6,8-9H2,(H2,15,16). The normalized spacial score (nSPS) is 28.4. The molecule has 90 valence electrons. The van der Waals surface area contributed by atoms with E-state index in [2.05, 4.69) is 29.3 Å². The van der Waals surface area contributed by atoms with Crippen LogP contribution in [0.15, 0.2) is 29.3 Å². The summed E-state index contributed by atoms with van der Waals surface area (Å²) >= 11 is 1.71. The minimum Gasteiger partial charge on any atom is -0.379 e. The van der Waals surface area contributed by atoms with E-state index < -0.39 is 0 Å². The molecule has 1 aromatic carbocycles. The van der Waals surface area contributed by atoms with Gasteiger partial charge in [-0.1, -0.05) is 42.4 Å². The van der Waals surface area contributed by atoms with Crippen molar-refractivity contribution in [3.05, 3.63) is 35.4 Å². The second-order valence-corrected chi connectivity index (χ2v) is 5.94. The Morgan fingerprint density at radius 1 is 1.24 bits per heavy atom. The van der Waals surface area contributed by atoms with E-state index >= 15 is 0 Å². The number of thioether (sulfide) groups is 1. The summed E-state index contributed by atoms with van der Waals surface area (Å²) < 4.78 is 0. The lowest BCUT2D eigenvalue weighted by molar-refractivity contribution is 0.528. The van der Waals surface area contributed by atoms with Crippen molar-refractivity contribution in [3.8, 4) is 0 Å². The van der Waals surface area contributed by atoms with E-state index in [1.807, 2.05) is 0 Å². The molecule has 2 atom stereocenters. The van der Waals surface area contributed by atoms with Crippen LogP contribution in [0.3, 0.4) is 0 Å². The largest absolute Gasteiger partial charge is 0.379 e. The summed E-state index contributed by atoms with van der Waals surface area (Å²) in [5.74, 6) is 1.65. The molecule has 2 aliphatic rings. The zero-order chi connectivity index (χ0) is 11.7. The molecule has 1 aliphatic heterocycles. The molecule has 2 N–H and O–H groups in total. The Hall–Kier alpha value is -0.960. The molecule has 2 nitrogen and oxygen atoms in total. The van der Waals surface area contributed by atoms with E-state index in [4.69, 9.17) is 5.73 Å². The molecule has 1 heterocycles. The number of aryl methyl sites for hydroxylation is 1. The van der Waals surface area contributed by atoms with Crippen LogP contribution in [0.25, 0.3) is 0 Å². The van der Waals surface area contributed by atoms with Crippen LogP contribution < -0.4 is 5.73 Å². The molecular weight excluding hydrogens is 228 g/mol. The number of amidine groups is 1. The van der Waals surface area contributed by atoms with Gasteiger partial charge in [-0.2, -0.15) is 0 Å². The SMILES string of the molecule is NC1=NC(C2CCCCc3ccccc32)CS1. The highest BCUT2D eigenvalue weighted by Gasteiger charge is 2.29. The first-order valence-corrected chi connectivity index (χ1v) is 7.37. The third kappa shape index (κ3) is 2.21. The number of nitrogens with zero attached hydrogens (tertiary/aromatic N) is 1. The van der Waals surface area contributed by atoms with E-state index in [0.29, 0.717) is 12.0 Å². The molecule has 0 saturated carbocycles. The molecule has 0 radical (unpaired) electrons. The third-order valence-corrected chi connectivity index (χ3v) is 4.73. The average molecular weight is 246 g/mol. The Morgan fingerprint density at radius 3 is 2.94 bits per heavy atom. The van der Waals surface area contributed by atoms with Gasteiger partial charge in [0.05, 0.1) is 6.04 Å². The van der Waals surface area contributed by atoms with Gasteiger partial charge in [-0.15, -0.1) is 0 Å². The van der Waals surface area contributed by atoms with Crippen molar-refractivity contribution in [2.45, 2.75) is 37.6 Å². The second kappa shape index (κ2) is 4.73. The Kier molecular flexibility index (Phi) is 3.10. The molecule has 1 aromatic rings. The van der Waals surface area contributed by atoms with Crippen LogP contribution in [0.5, 0.6) is 0 Å². The first-order chi connectivity index (χ1) is 8.34. The van der Waals surface area contributed by atoms with Gasteiger partial charge in [-0.25, -0.2) is 0 Å². The van der Waals surface area contributed by atoms with Crippen molar-refractivity contribution in [2.24, 2.45) is 10.7 Å². The van der Waals surface area contributed by atoms with Crippen LogP contribution >= 0.6 is 11.8 Å². The first kappa shape index (κ1) is 11.1. The lowest BCUT2D eigenvalue weighted by atomic mass is 9.87. The highest BCUT2D eigenvalue weighted by molar-refractivity contribution is 8.14. The van der Waals surface area contributed by atoms with E-state index in [1.165, 1.54) is 36.8 Å². The van der Waals surface area contributed by atoms with Crippen LogP contribution in [0.1, 0.15) is 36.3 Å². The number of nitrogens with two attached hydrogens (primary N) is 1. The fourth-order valence-electron chi connectivity index (χ4n) is 2.97. The average Bonchev–Trinajstić information content (AvgIpc) is 2.66. The molecule has 1 aliphatic carbocycles. The number of benzene rings is 1. The molecule has 0 spiro atoms. The summed E-state index contributed by atoms with van der Waals surface area (Å²) in [5, 5.41) is 0.775. The molecule has 2 unspecified atom stereocenters. The van der Waals surface area contributed by atoms with Gasteiger partial charge < -0.3 is 5.73 Å². The predicted octanol–water partition coefficient (Wildman–Crippen LogP) is 2.93. The van der Waals surface area contributed by atoms with Crippen LogP contribution in [0.4, 0.5) is 0 Å². The van der Waals surface area contributed by atoms with E-state index in [-0.39, 0.29) is 0 Å². The van der Waals surface area contributed by atoms with Gasteiger partial charge in [0.15, 0.2) is 5.17 Å². The van der Waals surface area contributed by atoms with Crippen LogP contribution in [0, 0.1) is 0 Å². The summed E-state index contributed by atoms with van der Waals surface area (Å²) in [6.07, 6.45) is 5.12.